The summed E-state index contributed by atoms with van der Waals surface area (Å²) in [6, 6.07) is 0. The van der Waals surface area contributed by atoms with E-state index in [1.165, 1.54) is 15.6 Å². The minimum Gasteiger partial charge on any atom is -0.330 e. The highest BCUT2D eigenvalue weighted by atomic mass is 32.1. The summed E-state index contributed by atoms with van der Waals surface area (Å²) in [6.07, 6.45) is 1.10. The van der Waals surface area contributed by atoms with Gasteiger partial charge in [0.05, 0.1) is 10.7 Å². The summed E-state index contributed by atoms with van der Waals surface area (Å²) in [5, 5.41) is 1.22. The van der Waals surface area contributed by atoms with Crippen LogP contribution in [0.3, 0.4) is 0 Å². The van der Waals surface area contributed by atoms with Gasteiger partial charge < -0.3 is 5.73 Å². The lowest BCUT2D eigenvalue weighted by atomic mass is 9.98. The third-order valence-corrected chi connectivity index (χ3v) is 4.37. The molecule has 0 saturated heterocycles. The molecule has 0 fully saturated rings. The number of rotatable bonds is 3. The molecule has 1 heterocycles. The maximum Gasteiger partial charge on any atom is 0.0984 e. The summed E-state index contributed by atoms with van der Waals surface area (Å²) in [5.74, 6) is 0.485. The number of aromatic nitrogens is 1. The van der Waals surface area contributed by atoms with E-state index in [0.717, 1.165) is 13.0 Å². The van der Waals surface area contributed by atoms with E-state index in [2.05, 4.69) is 39.6 Å². The fourth-order valence-electron chi connectivity index (χ4n) is 1.57. The predicted octanol–water partition coefficient (Wildman–Crippen LogP) is 3.20. The Morgan fingerprint density at radius 1 is 1.40 bits per heavy atom. The molecule has 0 radical (unpaired) electrons. The molecule has 3 heteroatoms. The van der Waals surface area contributed by atoms with Gasteiger partial charge in [0, 0.05) is 22.8 Å². The average Bonchev–Trinajstić information content (AvgIpc) is 2.50. The predicted molar refractivity (Wildman–Crippen MR) is 67.6 cm³/mol. The van der Waals surface area contributed by atoms with Gasteiger partial charge in [-0.05, 0) is 13.3 Å². The molecule has 0 aromatic carbocycles. The molecule has 1 atom stereocenters. The molecule has 0 saturated carbocycles. The van der Waals surface area contributed by atoms with Crippen LogP contribution in [0.15, 0.2) is 0 Å². The van der Waals surface area contributed by atoms with Gasteiger partial charge in [0.1, 0.15) is 0 Å². The van der Waals surface area contributed by atoms with Gasteiger partial charge in [0.15, 0.2) is 0 Å². The smallest absolute Gasteiger partial charge is 0.0984 e. The van der Waals surface area contributed by atoms with Gasteiger partial charge in [0.25, 0.3) is 0 Å². The number of nitrogens with zero attached hydrogens (tertiary/aromatic N) is 1. The van der Waals surface area contributed by atoms with Crippen molar-refractivity contribution < 1.29 is 0 Å². The lowest BCUT2D eigenvalue weighted by Crippen LogP contribution is -2.11. The van der Waals surface area contributed by atoms with E-state index in [1.807, 2.05) is 11.3 Å². The third kappa shape index (κ3) is 2.79. The van der Waals surface area contributed by atoms with Crippen LogP contribution in [-0.4, -0.2) is 11.5 Å². The monoisotopic (exact) mass is 226 g/mol. The molecule has 15 heavy (non-hydrogen) atoms. The molecular weight excluding hydrogens is 204 g/mol. The van der Waals surface area contributed by atoms with Crippen LogP contribution in [0, 0.1) is 6.92 Å². The summed E-state index contributed by atoms with van der Waals surface area (Å²) < 4.78 is 0. The molecule has 0 aliphatic carbocycles. The van der Waals surface area contributed by atoms with Crippen LogP contribution in [0.1, 0.15) is 55.6 Å². The molecule has 1 unspecified atom stereocenters. The first-order valence-electron chi connectivity index (χ1n) is 5.58. The molecule has 2 N–H and O–H groups in total. The molecule has 0 amide bonds. The number of thiazole rings is 1. The molecule has 1 aromatic heterocycles. The largest absolute Gasteiger partial charge is 0.330 e. The molecule has 1 aromatic rings. The van der Waals surface area contributed by atoms with Crippen molar-refractivity contribution in [2.24, 2.45) is 5.73 Å². The number of hydrogen-bond donors (Lipinski definition) is 1. The highest BCUT2D eigenvalue weighted by Gasteiger charge is 2.22. The van der Waals surface area contributed by atoms with E-state index in [0.29, 0.717) is 5.92 Å². The van der Waals surface area contributed by atoms with Crippen molar-refractivity contribution in [1.29, 1.82) is 0 Å². The van der Waals surface area contributed by atoms with E-state index in [-0.39, 0.29) is 5.41 Å². The standard InChI is InChI=1S/C12H22N2S/c1-6-9(7-13)10-8(2)14-11(15-10)12(3,4)5/h9H,6-7,13H2,1-5H3. The first-order valence-corrected chi connectivity index (χ1v) is 6.39. The van der Waals surface area contributed by atoms with Gasteiger partial charge in [0.2, 0.25) is 0 Å². The van der Waals surface area contributed by atoms with Gasteiger partial charge in [-0.2, -0.15) is 0 Å². The first kappa shape index (κ1) is 12.7. The maximum atomic E-state index is 5.78. The van der Waals surface area contributed by atoms with E-state index < -0.39 is 0 Å². The maximum absolute atomic E-state index is 5.78. The van der Waals surface area contributed by atoms with Gasteiger partial charge in [-0.25, -0.2) is 4.98 Å². The Bertz CT molecular complexity index is 319. The molecule has 0 bridgehead atoms. The SMILES string of the molecule is CCC(CN)c1sc(C(C)(C)C)nc1C. The zero-order valence-corrected chi connectivity index (χ0v) is 11.2. The topological polar surface area (TPSA) is 38.9 Å². The van der Waals surface area contributed by atoms with Crippen LogP contribution < -0.4 is 5.73 Å². The number of hydrogen-bond acceptors (Lipinski definition) is 3. The molecule has 1 rings (SSSR count). The van der Waals surface area contributed by atoms with Crippen molar-refractivity contribution >= 4 is 11.3 Å². The van der Waals surface area contributed by atoms with Crippen molar-refractivity contribution in [2.75, 3.05) is 6.54 Å². The second-order valence-electron chi connectivity index (χ2n) is 5.06. The zero-order valence-electron chi connectivity index (χ0n) is 10.4. The summed E-state index contributed by atoms with van der Waals surface area (Å²) in [5.41, 5.74) is 7.10. The van der Waals surface area contributed by atoms with E-state index >= 15 is 0 Å². The van der Waals surface area contributed by atoms with E-state index in [1.54, 1.807) is 0 Å². The molecule has 86 valence electrons. The summed E-state index contributed by atoms with van der Waals surface area (Å²) >= 11 is 1.83. The van der Waals surface area contributed by atoms with E-state index in [9.17, 15) is 0 Å². The van der Waals surface area contributed by atoms with Crippen molar-refractivity contribution in [3.8, 4) is 0 Å². The second kappa shape index (κ2) is 4.62. The molecular formula is C12H22N2S. The summed E-state index contributed by atoms with van der Waals surface area (Å²) in [6.45, 7) is 11.6. The Balaban J connectivity index is 3.06. The Labute approximate surface area is 96.9 Å². The molecule has 0 spiro atoms. The van der Waals surface area contributed by atoms with Gasteiger partial charge in [-0.15, -0.1) is 11.3 Å². The lowest BCUT2D eigenvalue weighted by molar-refractivity contribution is 0.584. The molecule has 0 aliphatic rings. The van der Waals surface area contributed by atoms with Crippen LogP contribution >= 0.6 is 11.3 Å². The minimum absolute atomic E-state index is 0.153. The van der Waals surface area contributed by atoms with Gasteiger partial charge in [-0.1, -0.05) is 27.7 Å². The Morgan fingerprint density at radius 2 is 2.00 bits per heavy atom. The van der Waals surface area contributed by atoms with E-state index in [4.69, 9.17) is 5.73 Å². The lowest BCUT2D eigenvalue weighted by Gasteiger charge is -2.14. The molecule has 2 nitrogen and oxygen atoms in total. The third-order valence-electron chi connectivity index (χ3n) is 2.62. The summed E-state index contributed by atoms with van der Waals surface area (Å²) in [7, 11) is 0. The van der Waals surface area contributed by atoms with Crippen LogP contribution in [0.5, 0.6) is 0 Å². The zero-order chi connectivity index (χ0) is 11.6. The highest BCUT2D eigenvalue weighted by Crippen LogP contribution is 2.34. The highest BCUT2D eigenvalue weighted by molar-refractivity contribution is 7.12. The van der Waals surface area contributed by atoms with Crippen LogP contribution in [0.25, 0.3) is 0 Å². The van der Waals surface area contributed by atoms with Gasteiger partial charge >= 0.3 is 0 Å². The first-order chi connectivity index (χ1) is 6.90. The minimum atomic E-state index is 0.153. The molecule has 0 aliphatic heterocycles. The second-order valence-corrected chi connectivity index (χ2v) is 6.09. The Kier molecular flexibility index (Phi) is 3.90. The van der Waals surface area contributed by atoms with Crippen LogP contribution in [0.4, 0.5) is 0 Å². The number of aryl methyl sites for hydroxylation is 1. The summed E-state index contributed by atoms with van der Waals surface area (Å²) in [4.78, 5) is 6.04. The Morgan fingerprint density at radius 3 is 2.33 bits per heavy atom. The van der Waals surface area contributed by atoms with Crippen molar-refractivity contribution in [1.82, 2.24) is 4.98 Å². The van der Waals surface area contributed by atoms with Crippen molar-refractivity contribution in [2.45, 2.75) is 52.4 Å². The normalized spacial score (nSPS) is 14.3. The fourth-order valence-corrected chi connectivity index (χ4v) is 2.89. The number of nitrogens with two attached hydrogens (primary N) is 1. The van der Waals surface area contributed by atoms with Crippen LogP contribution in [-0.2, 0) is 5.41 Å². The van der Waals surface area contributed by atoms with Crippen molar-refractivity contribution in [3.63, 3.8) is 0 Å². The van der Waals surface area contributed by atoms with Crippen LogP contribution in [0.2, 0.25) is 0 Å². The van der Waals surface area contributed by atoms with Gasteiger partial charge in [-0.3, -0.25) is 0 Å². The fraction of sp³-hybridized carbons (Fsp3) is 0.750. The van der Waals surface area contributed by atoms with Crippen molar-refractivity contribution in [3.05, 3.63) is 15.6 Å². The Hall–Kier alpha value is -0.410. The average molecular weight is 226 g/mol. The quantitative estimate of drug-likeness (QED) is 0.859.